The molecule has 2 rings (SSSR count). The van der Waals surface area contributed by atoms with Crippen LogP contribution in [0.1, 0.15) is 10.4 Å². The highest BCUT2D eigenvalue weighted by Crippen LogP contribution is 2.22. The molecule has 1 N–H and O–H groups in total. The van der Waals surface area contributed by atoms with Crippen molar-refractivity contribution in [1.82, 2.24) is 0 Å². The van der Waals surface area contributed by atoms with E-state index in [-0.39, 0.29) is 12.4 Å². The third kappa shape index (κ3) is 4.25. The maximum atomic E-state index is 11.2. The third-order valence-electron chi connectivity index (χ3n) is 2.90. The van der Waals surface area contributed by atoms with E-state index in [2.05, 4.69) is 27.6 Å². The van der Waals surface area contributed by atoms with E-state index in [1.165, 1.54) is 12.0 Å². The van der Waals surface area contributed by atoms with Gasteiger partial charge in [-0.3, -0.25) is 4.79 Å². The standard InChI is InChI=1S/C15H16ClNO2S/c1-19-15(18)9-11-4-5-12(10-14(11)16)17-7-6-13-3-2-8-20-13/h2-5,8,10,17H,6-7,9H2,1H3. The van der Waals surface area contributed by atoms with Gasteiger partial charge in [-0.15, -0.1) is 11.3 Å². The fraction of sp³-hybridized carbons (Fsp3) is 0.267. The average Bonchev–Trinajstić information content (AvgIpc) is 2.95. The number of thiophene rings is 1. The first-order valence-electron chi connectivity index (χ1n) is 6.30. The van der Waals surface area contributed by atoms with Gasteiger partial charge in [0.25, 0.3) is 0 Å². The number of esters is 1. The second-order valence-electron chi connectivity index (χ2n) is 4.32. The van der Waals surface area contributed by atoms with Crippen LogP contribution in [0.3, 0.4) is 0 Å². The number of carbonyl (C=O) groups is 1. The fourth-order valence-corrected chi connectivity index (χ4v) is 2.77. The van der Waals surface area contributed by atoms with Crippen molar-refractivity contribution in [3.63, 3.8) is 0 Å². The normalized spacial score (nSPS) is 10.3. The third-order valence-corrected chi connectivity index (χ3v) is 4.18. The summed E-state index contributed by atoms with van der Waals surface area (Å²) >= 11 is 7.92. The zero-order valence-corrected chi connectivity index (χ0v) is 12.8. The molecule has 0 radical (unpaired) electrons. The average molecular weight is 310 g/mol. The molecule has 106 valence electrons. The van der Waals surface area contributed by atoms with Crippen molar-refractivity contribution in [1.29, 1.82) is 0 Å². The Labute approximate surface area is 127 Å². The molecule has 0 aliphatic rings. The molecule has 20 heavy (non-hydrogen) atoms. The minimum absolute atomic E-state index is 0.199. The number of benzene rings is 1. The summed E-state index contributed by atoms with van der Waals surface area (Å²) in [6, 6.07) is 9.80. The minimum atomic E-state index is -0.287. The van der Waals surface area contributed by atoms with Crippen LogP contribution < -0.4 is 5.32 Å². The smallest absolute Gasteiger partial charge is 0.310 e. The Hall–Kier alpha value is -1.52. The van der Waals surface area contributed by atoms with Gasteiger partial charge in [-0.05, 0) is 35.6 Å². The number of carbonyl (C=O) groups excluding carboxylic acids is 1. The lowest BCUT2D eigenvalue weighted by molar-refractivity contribution is -0.139. The lowest BCUT2D eigenvalue weighted by Gasteiger charge is -2.08. The number of methoxy groups -OCH3 is 1. The molecule has 0 saturated carbocycles. The van der Waals surface area contributed by atoms with Crippen molar-refractivity contribution in [2.24, 2.45) is 0 Å². The number of hydrogen-bond donors (Lipinski definition) is 1. The van der Waals surface area contributed by atoms with Crippen LogP contribution in [0, 0.1) is 0 Å². The molecule has 0 aliphatic heterocycles. The first-order chi connectivity index (χ1) is 9.69. The van der Waals surface area contributed by atoms with Crippen LogP contribution in [0.2, 0.25) is 5.02 Å². The Bertz CT molecular complexity index is 569. The van der Waals surface area contributed by atoms with Gasteiger partial charge in [0.2, 0.25) is 0 Å². The molecule has 1 aromatic carbocycles. The molecule has 0 bridgehead atoms. The second kappa shape index (κ2) is 7.31. The second-order valence-corrected chi connectivity index (χ2v) is 5.75. The molecule has 0 aliphatic carbocycles. The first-order valence-corrected chi connectivity index (χ1v) is 7.56. The summed E-state index contributed by atoms with van der Waals surface area (Å²) in [5.41, 5.74) is 1.74. The predicted octanol–water partition coefficient (Wildman–Crippen LogP) is 3.77. The van der Waals surface area contributed by atoms with Gasteiger partial charge < -0.3 is 10.1 Å². The zero-order valence-electron chi connectivity index (χ0n) is 11.2. The summed E-state index contributed by atoms with van der Waals surface area (Å²) in [6.45, 7) is 0.854. The summed E-state index contributed by atoms with van der Waals surface area (Å²) in [4.78, 5) is 12.6. The number of anilines is 1. The maximum absolute atomic E-state index is 11.2. The predicted molar refractivity (Wildman–Crippen MR) is 83.7 cm³/mol. The molecule has 2 aromatic rings. The van der Waals surface area contributed by atoms with Crippen molar-refractivity contribution >= 4 is 34.6 Å². The quantitative estimate of drug-likeness (QED) is 0.825. The van der Waals surface area contributed by atoms with Crippen LogP contribution in [0.25, 0.3) is 0 Å². The number of hydrogen-bond acceptors (Lipinski definition) is 4. The fourth-order valence-electron chi connectivity index (χ4n) is 1.81. The summed E-state index contributed by atoms with van der Waals surface area (Å²) in [7, 11) is 1.37. The monoisotopic (exact) mass is 309 g/mol. The van der Waals surface area contributed by atoms with E-state index in [0.717, 1.165) is 24.2 Å². The number of ether oxygens (including phenoxy) is 1. The Morgan fingerprint density at radius 2 is 2.25 bits per heavy atom. The van der Waals surface area contributed by atoms with Crippen LogP contribution in [-0.2, 0) is 22.4 Å². The van der Waals surface area contributed by atoms with E-state index in [4.69, 9.17) is 11.6 Å². The van der Waals surface area contributed by atoms with Gasteiger partial charge in [0.1, 0.15) is 0 Å². The molecule has 0 atom stereocenters. The topological polar surface area (TPSA) is 38.3 Å². The summed E-state index contributed by atoms with van der Waals surface area (Å²) < 4.78 is 4.63. The number of rotatable bonds is 6. The van der Waals surface area contributed by atoms with Crippen molar-refractivity contribution in [3.05, 3.63) is 51.2 Å². The van der Waals surface area contributed by atoms with Crippen molar-refractivity contribution in [2.75, 3.05) is 19.0 Å². The Kier molecular flexibility index (Phi) is 5.44. The number of nitrogens with one attached hydrogen (secondary N) is 1. The Balaban J connectivity index is 1.89. The molecule has 0 saturated heterocycles. The van der Waals surface area contributed by atoms with Gasteiger partial charge in [0, 0.05) is 22.1 Å². The molecule has 1 heterocycles. The van der Waals surface area contributed by atoms with Crippen molar-refractivity contribution in [2.45, 2.75) is 12.8 Å². The molecule has 0 unspecified atom stereocenters. The van der Waals surface area contributed by atoms with Crippen molar-refractivity contribution < 1.29 is 9.53 Å². The van der Waals surface area contributed by atoms with Crippen LogP contribution in [0.5, 0.6) is 0 Å². The van der Waals surface area contributed by atoms with Gasteiger partial charge >= 0.3 is 5.97 Å². The van der Waals surface area contributed by atoms with E-state index in [1.54, 1.807) is 11.3 Å². The summed E-state index contributed by atoms with van der Waals surface area (Å²) in [5, 5.41) is 5.98. The molecular weight excluding hydrogens is 294 g/mol. The molecular formula is C15H16ClNO2S. The lowest BCUT2D eigenvalue weighted by Crippen LogP contribution is -2.06. The van der Waals surface area contributed by atoms with Gasteiger partial charge in [0.05, 0.1) is 13.5 Å². The molecule has 1 aromatic heterocycles. The summed E-state index contributed by atoms with van der Waals surface area (Å²) in [5.74, 6) is -0.287. The Morgan fingerprint density at radius 3 is 2.90 bits per heavy atom. The van der Waals surface area contributed by atoms with Crippen LogP contribution >= 0.6 is 22.9 Å². The van der Waals surface area contributed by atoms with Gasteiger partial charge in [0.15, 0.2) is 0 Å². The van der Waals surface area contributed by atoms with E-state index >= 15 is 0 Å². The van der Waals surface area contributed by atoms with Crippen LogP contribution in [-0.4, -0.2) is 19.6 Å². The molecule has 0 spiro atoms. The largest absolute Gasteiger partial charge is 0.469 e. The summed E-state index contributed by atoms with van der Waals surface area (Å²) in [6.07, 6.45) is 1.18. The SMILES string of the molecule is COC(=O)Cc1ccc(NCCc2cccs2)cc1Cl. The highest BCUT2D eigenvalue weighted by Gasteiger charge is 2.07. The van der Waals surface area contributed by atoms with E-state index < -0.39 is 0 Å². The van der Waals surface area contributed by atoms with Gasteiger partial charge in [-0.25, -0.2) is 0 Å². The van der Waals surface area contributed by atoms with Gasteiger partial charge in [-0.2, -0.15) is 0 Å². The van der Waals surface area contributed by atoms with Gasteiger partial charge in [-0.1, -0.05) is 23.7 Å². The highest BCUT2D eigenvalue weighted by molar-refractivity contribution is 7.09. The van der Waals surface area contributed by atoms with E-state index in [0.29, 0.717) is 5.02 Å². The maximum Gasteiger partial charge on any atom is 0.310 e. The Morgan fingerprint density at radius 1 is 1.40 bits per heavy atom. The number of halogens is 1. The molecule has 0 amide bonds. The first kappa shape index (κ1) is 14.9. The van der Waals surface area contributed by atoms with Crippen LogP contribution in [0.4, 0.5) is 5.69 Å². The van der Waals surface area contributed by atoms with Crippen LogP contribution in [0.15, 0.2) is 35.7 Å². The van der Waals surface area contributed by atoms with E-state index in [1.807, 2.05) is 18.2 Å². The molecule has 3 nitrogen and oxygen atoms in total. The van der Waals surface area contributed by atoms with E-state index in [9.17, 15) is 4.79 Å². The molecule has 5 heteroatoms. The molecule has 0 fully saturated rings. The lowest BCUT2D eigenvalue weighted by atomic mass is 10.1. The zero-order chi connectivity index (χ0) is 14.4. The van der Waals surface area contributed by atoms with Crippen molar-refractivity contribution in [3.8, 4) is 0 Å². The highest BCUT2D eigenvalue weighted by atomic mass is 35.5. The minimum Gasteiger partial charge on any atom is -0.469 e.